The number of anilines is 1. The first-order valence-corrected chi connectivity index (χ1v) is 7.30. The summed E-state index contributed by atoms with van der Waals surface area (Å²) in [6, 6.07) is 14.4. The molecule has 1 aliphatic rings. The summed E-state index contributed by atoms with van der Waals surface area (Å²) in [6.45, 7) is 0.617. The summed E-state index contributed by atoms with van der Waals surface area (Å²) >= 11 is 0. The third-order valence-electron chi connectivity index (χ3n) is 4.37. The summed E-state index contributed by atoms with van der Waals surface area (Å²) in [7, 11) is 1.87. The van der Waals surface area contributed by atoms with Gasteiger partial charge in [-0.15, -0.1) is 0 Å². The summed E-state index contributed by atoms with van der Waals surface area (Å²) in [6.07, 6.45) is 0.733. The molecule has 0 saturated carbocycles. The standard InChI is InChI=1S/C18H15FN2O/c1-20-16-8-7-12(19)11-15(16)14-9-10-21(18(22)17(14)20)13-5-3-2-4-6-13/h2-8,11H,9-10H2,1H3. The van der Waals surface area contributed by atoms with Crippen molar-refractivity contribution < 1.29 is 9.18 Å². The highest BCUT2D eigenvalue weighted by atomic mass is 19.1. The minimum Gasteiger partial charge on any atom is -0.339 e. The van der Waals surface area contributed by atoms with E-state index < -0.39 is 0 Å². The molecule has 4 rings (SSSR count). The molecule has 0 N–H and O–H groups in total. The molecule has 2 heterocycles. The maximum absolute atomic E-state index is 13.6. The summed E-state index contributed by atoms with van der Waals surface area (Å²) in [4.78, 5) is 14.7. The number of halogens is 1. The zero-order valence-electron chi connectivity index (χ0n) is 12.2. The molecule has 3 nitrogen and oxygen atoms in total. The van der Waals surface area contributed by atoms with E-state index in [1.165, 1.54) is 12.1 Å². The van der Waals surface area contributed by atoms with Crippen molar-refractivity contribution in [2.75, 3.05) is 11.4 Å². The van der Waals surface area contributed by atoms with Crippen LogP contribution in [-0.2, 0) is 13.5 Å². The van der Waals surface area contributed by atoms with Gasteiger partial charge in [0.15, 0.2) is 0 Å². The maximum Gasteiger partial charge on any atom is 0.275 e. The van der Waals surface area contributed by atoms with Crippen LogP contribution in [0, 0.1) is 5.82 Å². The van der Waals surface area contributed by atoms with E-state index in [9.17, 15) is 9.18 Å². The molecule has 22 heavy (non-hydrogen) atoms. The fraction of sp³-hybridized carbons (Fsp3) is 0.167. The van der Waals surface area contributed by atoms with E-state index in [4.69, 9.17) is 0 Å². The Morgan fingerprint density at radius 2 is 1.86 bits per heavy atom. The van der Waals surface area contributed by atoms with Gasteiger partial charge in [0, 0.05) is 30.2 Å². The Bertz CT molecular complexity index is 883. The number of fused-ring (bicyclic) bond motifs is 3. The van der Waals surface area contributed by atoms with E-state index in [2.05, 4.69) is 0 Å². The van der Waals surface area contributed by atoms with E-state index >= 15 is 0 Å². The number of nitrogens with zero attached hydrogens (tertiary/aromatic N) is 2. The van der Waals surface area contributed by atoms with Crippen LogP contribution in [0.1, 0.15) is 16.1 Å². The number of rotatable bonds is 1. The second-order valence-electron chi connectivity index (χ2n) is 5.59. The molecule has 0 bridgehead atoms. The molecular weight excluding hydrogens is 279 g/mol. The molecule has 1 aromatic heterocycles. The van der Waals surface area contributed by atoms with E-state index in [0.717, 1.165) is 28.6 Å². The van der Waals surface area contributed by atoms with Crippen molar-refractivity contribution in [3.8, 4) is 0 Å². The molecule has 3 aromatic rings. The van der Waals surface area contributed by atoms with Crippen LogP contribution in [0.25, 0.3) is 10.9 Å². The highest BCUT2D eigenvalue weighted by Gasteiger charge is 2.30. The van der Waals surface area contributed by atoms with Crippen LogP contribution in [0.3, 0.4) is 0 Å². The molecule has 1 amide bonds. The molecule has 0 spiro atoms. The number of carbonyl (C=O) groups is 1. The van der Waals surface area contributed by atoms with Crippen molar-refractivity contribution in [2.24, 2.45) is 7.05 Å². The van der Waals surface area contributed by atoms with Gasteiger partial charge in [0.2, 0.25) is 0 Å². The number of benzene rings is 2. The monoisotopic (exact) mass is 294 g/mol. The average Bonchev–Trinajstić information content (AvgIpc) is 2.82. The Morgan fingerprint density at radius 3 is 2.64 bits per heavy atom. The van der Waals surface area contributed by atoms with Gasteiger partial charge in [0.05, 0.1) is 0 Å². The maximum atomic E-state index is 13.6. The normalized spacial score (nSPS) is 14.5. The highest BCUT2D eigenvalue weighted by molar-refractivity contribution is 6.11. The molecule has 0 saturated heterocycles. The van der Waals surface area contributed by atoms with Gasteiger partial charge in [0.25, 0.3) is 5.91 Å². The first-order valence-electron chi connectivity index (χ1n) is 7.30. The Balaban J connectivity index is 1.89. The van der Waals surface area contributed by atoms with Gasteiger partial charge < -0.3 is 9.47 Å². The summed E-state index contributed by atoms with van der Waals surface area (Å²) in [5, 5.41) is 0.846. The lowest BCUT2D eigenvalue weighted by Gasteiger charge is -2.27. The number of aromatic nitrogens is 1. The first-order chi connectivity index (χ1) is 10.7. The van der Waals surface area contributed by atoms with Gasteiger partial charge in [0.1, 0.15) is 11.5 Å². The number of para-hydroxylation sites is 1. The number of hydrogen-bond acceptors (Lipinski definition) is 1. The number of aryl methyl sites for hydroxylation is 1. The lowest BCUT2D eigenvalue weighted by Crippen LogP contribution is -2.38. The molecule has 2 aromatic carbocycles. The number of amides is 1. The van der Waals surface area contributed by atoms with Crippen molar-refractivity contribution in [3.05, 3.63) is 65.6 Å². The van der Waals surface area contributed by atoms with Gasteiger partial charge in [-0.3, -0.25) is 4.79 Å². The van der Waals surface area contributed by atoms with Gasteiger partial charge in [-0.25, -0.2) is 4.39 Å². The highest BCUT2D eigenvalue weighted by Crippen LogP contribution is 2.32. The van der Waals surface area contributed by atoms with Crippen LogP contribution >= 0.6 is 0 Å². The van der Waals surface area contributed by atoms with Crippen LogP contribution < -0.4 is 4.90 Å². The molecular formula is C18H15FN2O. The average molecular weight is 294 g/mol. The minimum absolute atomic E-state index is 0.0217. The SMILES string of the molecule is Cn1c2c(c3cc(F)ccc31)CCN(c1ccccc1)C2=O. The van der Waals surface area contributed by atoms with Crippen LogP contribution in [-0.4, -0.2) is 17.0 Å². The topological polar surface area (TPSA) is 25.2 Å². The van der Waals surface area contributed by atoms with Crippen molar-refractivity contribution in [1.29, 1.82) is 0 Å². The second-order valence-corrected chi connectivity index (χ2v) is 5.59. The first kappa shape index (κ1) is 13.1. The fourth-order valence-corrected chi connectivity index (χ4v) is 3.33. The molecule has 0 atom stereocenters. The largest absolute Gasteiger partial charge is 0.339 e. The summed E-state index contributed by atoms with van der Waals surface area (Å²) in [5.41, 5.74) is 3.41. The van der Waals surface area contributed by atoms with E-state index in [1.807, 2.05) is 41.9 Å². The van der Waals surface area contributed by atoms with Gasteiger partial charge in [-0.1, -0.05) is 18.2 Å². The van der Waals surface area contributed by atoms with E-state index in [1.54, 1.807) is 11.0 Å². The number of carbonyl (C=O) groups excluding carboxylic acids is 1. The molecule has 0 unspecified atom stereocenters. The summed E-state index contributed by atoms with van der Waals surface area (Å²) in [5.74, 6) is -0.287. The van der Waals surface area contributed by atoms with Crippen molar-refractivity contribution in [2.45, 2.75) is 6.42 Å². The third kappa shape index (κ3) is 1.77. The van der Waals surface area contributed by atoms with Gasteiger partial charge in [-0.05, 0) is 42.3 Å². The Kier molecular flexibility index (Phi) is 2.79. The predicted molar refractivity (Wildman–Crippen MR) is 84.7 cm³/mol. The quantitative estimate of drug-likeness (QED) is 0.674. The van der Waals surface area contributed by atoms with E-state index in [0.29, 0.717) is 12.2 Å². The lowest BCUT2D eigenvalue weighted by molar-refractivity contribution is 0.0973. The lowest BCUT2D eigenvalue weighted by atomic mass is 10.0. The molecule has 0 fully saturated rings. The van der Waals surface area contributed by atoms with Crippen molar-refractivity contribution in [3.63, 3.8) is 0 Å². The van der Waals surface area contributed by atoms with Crippen LogP contribution in [0.4, 0.5) is 10.1 Å². The minimum atomic E-state index is -0.265. The van der Waals surface area contributed by atoms with Crippen molar-refractivity contribution >= 4 is 22.5 Å². The molecule has 0 radical (unpaired) electrons. The smallest absolute Gasteiger partial charge is 0.275 e. The Hall–Kier alpha value is -2.62. The zero-order valence-corrected chi connectivity index (χ0v) is 12.2. The third-order valence-corrected chi connectivity index (χ3v) is 4.37. The summed E-state index contributed by atoms with van der Waals surface area (Å²) < 4.78 is 15.4. The van der Waals surface area contributed by atoms with Crippen molar-refractivity contribution in [1.82, 2.24) is 4.57 Å². The second kappa shape index (κ2) is 4.70. The van der Waals surface area contributed by atoms with Crippen LogP contribution in [0.15, 0.2) is 48.5 Å². The van der Waals surface area contributed by atoms with Gasteiger partial charge in [-0.2, -0.15) is 0 Å². The van der Waals surface area contributed by atoms with Crippen LogP contribution in [0.2, 0.25) is 0 Å². The Labute approximate surface area is 127 Å². The number of hydrogen-bond donors (Lipinski definition) is 0. The molecule has 1 aliphatic heterocycles. The fourth-order valence-electron chi connectivity index (χ4n) is 3.33. The predicted octanol–water partition coefficient (Wildman–Crippen LogP) is 3.52. The molecule has 4 heteroatoms. The van der Waals surface area contributed by atoms with Crippen LogP contribution in [0.5, 0.6) is 0 Å². The molecule has 110 valence electrons. The molecule has 0 aliphatic carbocycles. The zero-order chi connectivity index (χ0) is 15.3. The van der Waals surface area contributed by atoms with E-state index in [-0.39, 0.29) is 11.7 Å². The van der Waals surface area contributed by atoms with Gasteiger partial charge >= 0.3 is 0 Å². The Morgan fingerprint density at radius 1 is 1.09 bits per heavy atom.